The molecule has 3 nitrogen and oxygen atoms in total. The van der Waals surface area contributed by atoms with Crippen LogP contribution in [0.15, 0.2) is 11.4 Å². The van der Waals surface area contributed by atoms with Gasteiger partial charge < -0.3 is 10.8 Å². The van der Waals surface area contributed by atoms with Gasteiger partial charge in [-0.1, -0.05) is 11.6 Å². The standard InChI is InChI=1S/C7H8ClNO2S.ClH/c8-6-2-4(3-12-6)1-5(9)7(10)11;/h2-3,5H,1,9H2,(H,10,11);1H. The van der Waals surface area contributed by atoms with Gasteiger partial charge in [0.2, 0.25) is 0 Å². The first-order chi connectivity index (χ1) is 5.59. The first kappa shape index (κ1) is 12.7. The Bertz CT molecular complexity index is 290. The molecule has 1 heterocycles. The van der Waals surface area contributed by atoms with E-state index in [0.717, 1.165) is 5.56 Å². The molecule has 0 aromatic carbocycles. The van der Waals surface area contributed by atoms with Crippen LogP contribution in [0.3, 0.4) is 0 Å². The lowest BCUT2D eigenvalue weighted by atomic mass is 10.1. The van der Waals surface area contributed by atoms with E-state index >= 15 is 0 Å². The summed E-state index contributed by atoms with van der Waals surface area (Å²) in [6.07, 6.45) is 0.332. The SMILES string of the molecule is Cl.NC(Cc1csc(Cl)c1)C(=O)O. The Morgan fingerprint density at radius 2 is 2.38 bits per heavy atom. The third-order valence-corrected chi connectivity index (χ3v) is 2.53. The van der Waals surface area contributed by atoms with Gasteiger partial charge in [-0.05, 0) is 23.4 Å². The number of carboxylic acid groups (broad SMARTS) is 1. The fourth-order valence-electron chi connectivity index (χ4n) is 0.794. The van der Waals surface area contributed by atoms with Crippen LogP contribution >= 0.6 is 35.3 Å². The summed E-state index contributed by atoms with van der Waals surface area (Å²) in [7, 11) is 0. The van der Waals surface area contributed by atoms with Gasteiger partial charge in [0, 0.05) is 0 Å². The van der Waals surface area contributed by atoms with Crippen LogP contribution in [-0.4, -0.2) is 17.1 Å². The summed E-state index contributed by atoms with van der Waals surface area (Å²) in [5, 5.41) is 10.3. The summed E-state index contributed by atoms with van der Waals surface area (Å²) < 4.78 is 0.655. The second-order valence-electron chi connectivity index (χ2n) is 2.41. The quantitative estimate of drug-likeness (QED) is 0.849. The topological polar surface area (TPSA) is 63.3 Å². The number of carboxylic acids is 1. The molecule has 0 bridgehead atoms. The third-order valence-electron chi connectivity index (χ3n) is 1.39. The Hall–Kier alpha value is -0.290. The minimum atomic E-state index is -0.989. The Morgan fingerprint density at radius 3 is 2.77 bits per heavy atom. The molecule has 0 radical (unpaired) electrons. The molecule has 1 atom stereocenters. The number of halogens is 2. The molecule has 0 amide bonds. The molecule has 6 heteroatoms. The predicted molar refractivity (Wildman–Crippen MR) is 55.9 cm³/mol. The van der Waals surface area contributed by atoms with Crippen LogP contribution in [0.2, 0.25) is 4.34 Å². The van der Waals surface area contributed by atoms with E-state index in [2.05, 4.69) is 0 Å². The van der Waals surface area contributed by atoms with E-state index in [1.807, 2.05) is 5.38 Å². The molecule has 0 saturated heterocycles. The van der Waals surface area contributed by atoms with Crippen molar-refractivity contribution in [1.82, 2.24) is 0 Å². The van der Waals surface area contributed by atoms with Crippen molar-refractivity contribution in [2.24, 2.45) is 5.73 Å². The van der Waals surface area contributed by atoms with Crippen LogP contribution in [0, 0.1) is 0 Å². The Labute approximate surface area is 90.9 Å². The third kappa shape index (κ3) is 3.95. The van der Waals surface area contributed by atoms with Crippen LogP contribution in [-0.2, 0) is 11.2 Å². The Kier molecular flexibility index (Phi) is 5.32. The lowest BCUT2D eigenvalue weighted by Gasteiger charge is -2.02. The monoisotopic (exact) mass is 241 g/mol. The molecule has 3 N–H and O–H groups in total. The summed E-state index contributed by atoms with van der Waals surface area (Å²) in [4.78, 5) is 10.4. The molecule has 0 fully saturated rings. The van der Waals surface area contributed by atoms with Crippen LogP contribution < -0.4 is 5.73 Å². The highest BCUT2D eigenvalue weighted by Gasteiger charge is 2.12. The van der Waals surface area contributed by atoms with Gasteiger partial charge in [-0.15, -0.1) is 23.7 Å². The summed E-state index contributed by atoms with van der Waals surface area (Å²) in [6, 6.07) is 0.894. The maximum absolute atomic E-state index is 10.4. The highest BCUT2D eigenvalue weighted by Crippen LogP contribution is 2.20. The van der Waals surface area contributed by atoms with Crippen molar-refractivity contribution in [2.75, 3.05) is 0 Å². The van der Waals surface area contributed by atoms with Crippen molar-refractivity contribution in [3.63, 3.8) is 0 Å². The van der Waals surface area contributed by atoms with Crippen molar-refractivity contribution in [1.29, 1.82) is 0 Å². The molecule has 0 spiro atoms. The molecule has 1 rings (SSSR count). The van der Waals surface area contributed by atoms with Gasteiger partial charge in [0.05, 0.1) is 4.34 Å². The lowest BCUT2D eigenvalue weighted by Crippen LogP contribution is -2.32. The van der Waals surface area contributed by atoms with Gasteiger partial charge >= 0.3 is 5.97 Å². The summed E-state index contributed by atoms with van der Waals surface area (Å²) in [6.45, 7) is 0. The van der Waals surface area contributed by atoms with E-state index in [0.29, 0.717) is 10.8 Å². The van der Waals surface area contributed by atoms with Gasteiger partial charge in [0.15, 0.2) is 0 Å². The van der Waals surface area contributed by atoms with E-state index in [9.17, 15) is 4.79 Å². The summed E-state index contributed by atoms with van der Waals surface area (Å²) >= 11 is 7.03. The van der Waals surface area contributed by atoms with Crippen LogP contribution in [0.5, 0.6) is 0 Å². The number of rotatable bonds is 3. The normalized spacial score (nSPS) is 11.8. The van der Waals surface area contributed by atoms with E-state index in [4.69, 9.17) is 22.4 Å². The van der Waals surface area contributed by atoms with E-state index < -0.39 is 12.0 Å². The van der Waals surface area contributed by atoms with Crippen LogP contribution in [0.4, 0.5) is 0 Å². The molecule has 1 aromatic rings. The zero-order chi connectivity index (χ0) is 9.14. The van der Waals surface area contributed by atoms with E-state index in [1.165, 1.54) is 11.3 Å². The Balaban J connectivity index is 0.00000144. The predicted octanol–water partition coefficient (Wildman–Crippen LogP) is 1.78. The van der Waals surface area contributed by atoms with Gasteiger partial charge in [0.1, 0.15) is 6.04 Å². The minimum Gasteiger partial charge on any atom is -0.480 e. The minimum absolute atomic E-state index is 0. The van der Waals surface area contributed by atoms with E-state index in [1.54, 1.807) is 6.07 Å². The Morgan fingerprint density at radius 1 is 1.77 bits per heavy atom. The lowest BCUT2D eigenvalue weighted by molar-refractivity contribution is -0.138. The van der Waals surface area contributed by atoms with Crippen molar-refractivity contribution in [3.8, 4) is 0 Å². The van der Waals surface area contributed by atoms with Crippen LogP contribution in [0.1, 0.15) is 5.56 Å². The molecular weight excluding hydrogens is 233 g/mol. The highest BCUT2D eigenvalue weighted by atomic mass is 35.5. The average Bonchev–Trinajstić information content (AvgIpc) is 2.35. The zero-order valence-electron chi connectivity index (χ0n) is 6.57. The molecule has 74 valence electrons. The number of hydrogen-bond donors (Lipinski definition) is 2. The van der Waals surface area contributed by atoms with Gasteiger partial charge in [-0.25, -0.2) is 0 Å². The second kappa shape index (κ2) is 5.44. The van der Waals surface area contributed by atoms with Crippen molar-refractivity contribution in [3.05, 3.63) is 21.3 Å². The largest absolute Gasteiger partial charge is 0.480 e. The maximum Gasteiger partial charge on any atom is 0.320 e. The number of nitrogens with two attached hydrogens (primary N) is 1. The first-order valence-electron chi connectivity index (χ1n) is 3.31. The molecule has 13 heavy (non-hydrogen) atoms. The second-order valence-corrected chi connectivity index (χ2v) is 3.95. The fraction of sp³-hybridized carbons (Fsp3) is 0.286. The number of aliphatic carboxylic acids is 1. The molecule has 0 aliphatic carbocycles. The molecule has 0 aliphatic rings. The van der Waals surface area contributed by atoms with Gasteiger partial charge in [-0.2, -0.15) is 0 Å². The van der Waals surface area contributed by atoms with Gasteiger partial charge in [0.25, 0.3) is 0 Å². The number of carbonyl (C=O) groups is 1. The van der Waals surface area contributed by atoms with Crippen LogP contribution in [0.25, 0.3) is 0 Å². The molecule has 1 unspecified atom stereocenters. The summed E-state index contributed by atoms with van der Waals surface area (Å²) in [5.74, 6) is -0.989. The van der Waals surface area contributed by atoms with Crippen molar-refractivity contribution < 1.29 is 9.90 Å². The van der Waals surface area contributed by atoms with Crippen molar-refractivity contribution >= 4 is 41.3 Å². The fourth-order valence-corrected chi connectivity index (χ4v) is 1.72. The first-order valence-corrected chi connectivity index (χ1v) is 4.56. The maximum atomic E-state index is 10.4. The number of thiophene rings is 1. The number of hydrogen-bond acceptors (Lipinski definition) is 3. The van der Waals surface area contributed by atoms with Crippen molar-refractivity contribution in [2.45, 2.75) is 12.5 Å². The molecule has 0 saturated carbocycles. The van der Waals surface area contributed by atoms with E-state index in [-0.39, 0.29) is 12.4 Å². The average molecular weight is 242 g/mol. The summed E-state index contributed by atoms with van der Waals surface area (Å²) in [5.41, 5.74) is 6.19. The smallest absolute Gasteiger partial charge is 0.320 e. The van der Waals surface area contributed by atoms with Gasteiger partial charge in [-0.3, -0.25) is 4.79 Å². The molecular formula is C7H9Cl2NO2S. The highest BCUT2D eigenvalue weighted by molar-refractivity contribution is 7.14. The molecule has 1 aromatic heterocycles. The molecule has 0 aliphatic heterocycles. The zero-order valence-corrected chi connectivity index (χ0v) is 8.96.